The minimum atomic E-state index is -0.0739. The van der Waals surface area contributed by atoms with Gasteiger partial charge < -0.3 is 10.3 Å². The first-order chi connectivity index (χ1) is 8.04. The van der Waals surface area contributed by atoms with Gasteiger partial charge in [0.15, 0.2) is 0 Å². The van der Waals surface area contributed by atoms with Crippen LogP contribution in [0.1, 0.15) is 45.1 Å². The van der Waals surface area contributed by atoms with Gasteiger partial charge in [0.1, 0.15) is 5.82 Å². The quantitative estimate of drug-likeness (QED) is 0.904. The summed E-state index contributed by atoms with van der Waals surface area (Å²) in [6, 6.07) is 6.12. The first-order valence-corrected chi connectivity index (χ1v) is 6.35. The number of nitrogens with two attached hydrogens (primary N) is 1. The number of rotatable bonds is 3. The molecule has 2 aromatic rings. The van der Waals surface area contributed by atoms with E-state index in [-0.39, 0.29) is 6.04 Å². The number of hydrogen-bond donors (Lipinski definition) is 1. The van der Waals surface area contributed by atoms with Gasteiger partial charge in [0.2, 0.25) is 0 Å². The highest BCUT2D eigenvalue weighted by Gasteiger charge is 2.17. The summed E-state index contributed by atoms with van der Waals surface area (Å²) in [7, 11) is 0. The maximum Gasteiger partial charge on any atom is 0.126 e. The van der Waals surface area contributed by atoms with Gasteiger partial charge in [-0.1, -0.05) is 18.5 Å². The maximum absolute atomic E-state index is 5.99. The summed E-state index contributed by atoms with van der Waals surface area (Å²) >= 11 is 5.99. The number of aromatic nitrogens is 2. The van der Waals surface area contributed by atoms with E-state index in [1.54, 1.807) is 0 Å². The second-order valence-electron chi connectivity index (χ2n) is 4.52. The van der Waals surface area contributed by atoms with Crippen molar-refractivity contribution in [2.75, 3.05) is 0 Å². The summed E-state index contributed by atoms with van der Waals surface area (Å²) in [5.41, 5.74) is 8.02. The van der Waals surface area contributed by atoms with Crippen molar-refractivity contribution in [3.63, 3.8) is 0 Å². The average Bonchev–Trinajstić information content (AvgIpc) is 2.66. The van der Waals surface area contributed by atoms with Crippen molar-refractivity contribution in [2.24, 2.45) is 5.73 Å². The van der Waals surface area contributed by atoms with Gasteiger partial charge in [0, 0.05) is 11.1 Å². The molecule has 0 saturated heterocycles. The predicted molar refractivity (Wildman–Crippen MR) is 72.3 cm³/mol. The summed E-state index contributed by atoms with van der Waals surface area (Å²) < 4.78 is 2.22. The lowest BCUT2D eigenvalue weighted by atomic mass is 10.2. The molecular formula is C13H18ClN3. The highest BCUT2D eigenvalue weighted by molar-refractivity contribution is 6.31. The molecule has 0 aliphatic heterocycles. The molecule has 0 saturated carbocycles. The number of hydrogen-bond acceptors (Lipinski definition) is 2. The van der Waals surface area contributed by atoms with Crippen LogP contribution in [0, 0.1) is 0 Å². The Bertz CT molecular complexity index is 531. The van der Waals surface area contributed by atoms with Gasteiger partial charge in [-0.2, -0.15) is 0 Å². The molecule has 2 atom stereocenters. The summed E-state index contributed by atoms with van der Waals surface area (Å²) in [4.78, 5) is 4.60. The van der Waals surface area contributed by atoms with E-state index in [1.165, 1.54) is 0 Å². The van der Waals surface area contributed by atoms with Crippen molar-refractivity contribution in [1.82, 2.24) is 9.55 Å². The smallest absolute Gasteiger partial charge is 0.126 e. The molecule has 1 aromatic heterocycles. The third-order valence-corrected chi connectivity index (χ3v) is 3.35. The van der Waals surface area contributed by atoms with Crippen LogP contribution in [-0.2, 0) is 0 Å². The topological polar surface area (TPSA) is 43.8 Å². The van der Waals surface area contributed by atoms with E-state index in [2.05, 4.69) is 23.4 Å². The number of fused-ring (bicyclic) bond motifs is 1. The summed E-state index contributed by atoms with van der Waals surface area (Å²) in [6.45, 7) is 6.31. The van der Waals surface area contributed by atoms with E-state index < -0.39 is 0 Å². The van der Waals surface area contributed by atoms with Crippen molar-refractivity contribution in [3.8, 4) is 0 Å². The molecule has 0 aliphatic carbocycles. The zero-order chi connectivity index (χ0) is 12.6. The van der Waals surface area contributed by atoms with Gasteiger partial charge in [-0.15, -0.1) is 0 Å². The van der Waals surface area contributed by atoms with Crippen molar-refractivity contribution >= 4 is 22.6 Å². The van der Waals surface area contributed by atoms with E-state index >= 15 is 0 Å². The molecule has 0 radical (unpaired) electrons. The fraction of sp³-hybridized carbons (Fsp3) is 0.462. The molecule has 0 spiro atoms. The highest BCUT2D eigenvalue weighted by atomic mass is 35.5. The number of nitrogens with zero attached hydrogens (tertiary/aromatic N) is 2. The zero-order valence-corrected chi connectivity index (χ0v) is 11.2. The Labute approximate surface area is 107 Å². The van der Waals surface area contributed by atoms with Crippen LogP contribution in [0.3, 0.4) is 0 Å². The van der Waals surface area contributed by atoms with E-state index in [4.69, 9.17) is 17.3 Å². The first kappa shape index (κ1) is 12.4. The van der Waals surface area contributed by atoms with Crippen LogP contribution in [0.25, 0.3) is 11.0 Å². The van der Waals surface area contributed by atoms with Crippen LogP contribution in [-0.4, -0.2) is 9.55 Å². The lowest BCUT2D eigenvalue weighted by Crippen LogP contribution is -2.16. The molecule has 92 valence electrons. The summed E-state index contributed by atoms with van der Waals surface area (Å²) in [6.07, 6.45) is 1.05. The molecule has 0 amide bonds. The Morgan fingerprint density at radius 2 is 2.12 bits per heavy atom. The first-order valence-electron chi connectivity index (χ1n) is 5.97. The monoisotopic (exact) mass is 251 g/mol. The fourth-order valence-corrected chi connectivity index (χ4v) is 2.22. The van der Waals surface area contributed by atoms with Gasteiger partial charge in [0.25, 0.3) is 0 Å². The van der Waals surface area contributed by atoms with E-state index in [0.717, 1.165) is 23.3 Å². The molecule has 17 heavy (non-hydrogen) atoms. The second kappa shape index (κ2) is 4.67. The van der Waals surface area contributed by atoms with Crippen LogP contribution in [0.4, 0.5) is 0 Å². The van der Waals surface area contributed by atoms with E-state index in [0.29, 0.717) is 11.1 Å². The molecule has 0 aliphatic rings. The van der Waals surface area contributed by atoms with Gasteiger partial charge in [-0.3, -0.25) is 0 Å². The van der Waals surface area contributed by atoms with Crippen molar-refractivity contribution < 1.29 is 0 Å². The third-order valence-electron chi connectivity index (χ3n) is 3.12. The third kappa shape index (κ3) is 2.17. The average molecular weight is 252 g/mol. The molecule has 1 heterocycles. The Morgan fingerprint density at radius 1 is 1.41 bits per heavy atom. The molecule has 1 aromatic carbocycles. The normalized spacial score (nSPS) is 15.1. The SMILES string of the molecule is CCC(C)n1c(C(C)N)nc2cc(Cl)ccc21. The Morgan fingerprint density at radius 3 is 2.71 bits per heavy atom. The Kier molecular flexibility index (Phi) is 3.40. The molecule has 2 unspecified atom stereocenters. The number of halogens is 1. The van der Waals surface area contributed by atoms with Crippen LogP contribution in [0.5, 0.6) is 0 Å². The van der Waals surface area contributed by atoms with Crippen molar-refractivity contribution in [3.05, 3.63) is 29.0 Å². The molecular weight excluding hydrogens is 234 g/mol. The Hall–Kier alpha value is -1.06. The predicted octanol–water partition coefficient (Wildman–Crippen LogP) is 3.68. The minimum absolute atomic E-state index is 0.0739. The van der Waals surface area contributed by atoms with E-state index in [9.17, 15) is 0 Å². The van der Waals surface area contributed by atoms with Crippen LogP contribution in [0.2, 0.25) is 5.02 Å². The zero-order valence-electron chi connectivity index (χ0n) is 10.4. The fourth-order valence-electron chi connectivity index (χ4n) is 2.06. The van der Waals surface area contributed by atoms with Gasteiger partial charge in [-0.25, -0.2) is 4.98 Å². The molecule has 4 heteroatoms. The number of imidazole rings is 1. The van der Waals surface area contributed by atoms with Gasteiger partial charge in [0.05, 0.1) is 17.1 Å². The minimum Gasteiger partial charge on any atom is -0.324 e. The molecule has 0 bridgehead atoms. The van der Waals surface area contributed by atoms with E-state index in [1.807, 2.05) is 25.1 Å². The Balaban J connectivity index is 2.71. The lowest BCUT2D eigenvalue weighted by Gasteiger charge is -2.17. The van der Waals surface area contributed by atoms with Crippen LogP contribution < -0.4 is 5.73 Å². The molecule has 2 N–H and O–H groups in total. The van der Waals surface area contributed by atoms with Crippen molar-refractivity contribution in [1.29, 1.82) is 0 Å². The van der Waals surface area contributed by atoms with Crippen molar-refractivity contribution in [2.45, 2.75) is 39.3 Å². The number of benzene rings is 1. The van der Waals surface area contributed by atoms with Gasteiger partial charge in [-0.05, 0) is 38.5 Å². The molecule has 3 nitrogen and oxygen atoms in total. The molecule has 0 fully saturated rings. The summed E-state index contributed by atoms with van der Waals surface area (Å²) in [5, 5.41) is 0.711. The standard InChI is InChI=1S/C13H18ClN3/c1-4-8(2)17-12-6-5-10(14)7-11(12)16-13(17)9(3)15/h5-9H,4,15H2,1-3H3. The lowest BCUT2D eigenvalue weighted by molar-refractivity contribution is 0.506. The second-order valence-corrected chi connectivity index (χ2v) is 4.96. The maximum atomic E-state index is 5.99. The van der Waals surface area contributed by atoms with Gasteiger partial charge >= 0.3 is 0 Å². The highest BCUT2D eigenvalue weighted by Crippen LogP contribution is 2.27. The molecule has 2 rings (SSSR count). The van der Waals surface area contributed by atoms with Crippen LogP contribution in [0.15, 0.2) is 18.2 Å². The largest absolute Gasteiger partial charge is 0.324 e. The van der Waals surface area contributed by atoms with Crippen LogP contribution >= 0.6 is 11.6 Å². The summed E-state index contributed by atoms with van der Waals surface area (Å²) in [5.74, 6) is 0.927.